The third-order valence-corrected chi connectivity index (χ3v) is 4.57. The average molecular weight is 280 g/mol. The molecular formula is C14H20N2O2S. The molecule has 2 unspecified atom stereocenters. The lowest BCUT2D eigenvalue weighted by Gasteiger charge is -2.38. The molecule has 1 aliphatic heterocycles. The van der Waals surface area contributed by atoms with Crippen molar-refractivity contribution >= 4 is 23.2 Å². The van der Waals surface area contributed by atoms with Crippen LogP contribution in [0.3, 0.4) is 0 Å². The van der Waals surface area contributed by atoms with E-state index >= 15 is 0 Å². The second kappa shape index (κ2) is 5.33. The van der Waals surface area contributed by atoms with E-state index in [-0.39, 0.29) is 17.7 Å². The monoisotopic (exact) mass is 280 g/mol. The summed E-state index contributed by atoms with van der Waals surface area (Å²) < 4.78 is 0. The molecule has 0 aromatic carbocycles. The molecule has 0 radical (unpaired) electrons. The number of nitrogens with zero attached hydrogens (tertiary/aromatic N) is 1. The lowest BCUT2D eigenvalue weighted by Crippen LogP contribution is -2.63. The molecule has 0 bridgehead atoms. The standard InChI is InChI=1S/C14H20N2O2S/c1-8(2)12-14(18)16(10(4)13(17)15-12)5-11-7-19-6-9(11)3/h6-8,10,12H,5H2,1-4H3,(H,15,17). The summed E-state index contributed by atoms with van der Waals surface area (Å²) in [6, 6.07) is -0.801. The van der Waals surface area contributed by atoms with E-state index in [0.29, 0.717) is 6.54 Å². The summed E-state index contributed by atoms with van der Waals surface area (Å²) in [5.41, 5.74) is 2.31. The fraction of sp³-hybridized carbons (Fsp3) is 0.571. The fourth-order valence-electron chi connectivity index (χ4n) is 2.25. The van der Waals surface area contributed by atoms with Crippen molar-refractivity contribution in [1.82, 2.24) is 10.2 Å². The predicted octanol–water partition coefficient (Wildman–Crippen LogP) is 1.93. The second-order valence-corrected chi connectivity index (χ2v) is 6.20. The van der Waals surface area contributed by atoms with Crippen LogP contribution in [0.5, 0.6) is 0 Å². The molecule has 1 aliphatic rings. The van der Waals surface area contributed by atoms with Crippen LogP contribution >= 0.6 is 11.3 Å². The van der Waals surface area contributed by atoms with Gasteiger partial charge in [-0.15, -0.1) is 0 Å². The second-order valence-electron chi connectivity index (χ2n) is 5.45. The van der Waals surface area contributed by atoms with Gasteiger partial charge >= 0.3 is 0 Å². The topological polar surface area (TPSA) is 49.4 Å². The van der Waals surface area contributed by atoms with E-state index in [1.165, 1.54) is 5.56 Å². The Morgan fingerprint density at radius 2 is 2.05 bits per heavy atom. The normalized spacial score (nSPS) is 23.9. The van der Waals surface area contributed by atoms with E-state index in [0.717, 1.165) is 5.56 Å². The molecule has 0 aliphatic carbocycles. The molecule has 5 heteroatoms. The third kappa shape index (κ3) is 2.66. The maximum Gasteiger partial charge on any atom is 0.246 e. The molecule has 1 aromatic heterocycles. The van der Waals surface area contributed by atoms with Crippen LogP contribution in [0.1, 0.15) is 31.9 Å². The number of amides is 2. The highest BCUT2D eigenvalue weighted by atomic mass is 32.1. The Hall–Kier alpha value is -1.36. The first-order chi connectivity index (χ1) is 8.91. The Balaban J connectivity index is 2.23. The van der Waals surface area contributed by atoms with E-state index in [2.05, 4.69) is 10.7 Å². The fourth-order valence-corrected chi connectivity index (χ4v) is 3.09. The average Bonchev–Trinajstić information content (AvgIpc) is 2.74. The number of piperazine rings is 1. The van der Waals surface area contributed by atoms with Crippen LogP contribution in [0.15, 0.2) is 10.8 Å². The van der Waals surface area contributed by atoms with Crippen molar-refractivity contribution in [1.29, 1.82) is 0 Å². The predicted molar refractivity (Wildman–Crippen MR) is 75.8 cm³/mol. The van der Waals surface area contributed by atoms with Crippen molar-refractivity contribution < 1.29 is 9.59 Å². The van der Waals surface area contributed by atoms with Crippen molar-refractivity contribution in [3.63, 3.8) is 0 Å². The number of nitrogens with one attached hydrogen (secondary N) is 1. The highest BCUT2D eigenvalue weighted by Gasteiger charge is 2.39. The molecule has 1 N–H and O–H groups in total. The number of aryl methyl sites for hydroxylation is 1. The van der Waals surface area contributed by atoms with Gasteiger partial charge in [0.05, 0.1) is 0 Å². The smallest absolute Gasteiger partial charge is 0.246 e. The van der Waals surface area contributed by atoms with E-state index in [9.17, 15) is 9.59 Å². The van der Waals surface area contributed by atoms with Crippen LogP contribution in [-0.2, 0) is 16.1 Å². The minimum Gasteiger partial charge on any atom is -0.342 e. The summed E-state index contributed by atoms with van der Waals surface area (Å²) in [5.74, 6) is 0.0638. The summed E-state index contributed by atoms with van der Waals surface area (Å²) >= 11 is 1.63. The molecule has 19 heavy (non-hydrogen) atoms. The highest BCUT2D eigenvalue weighted by Crippen LogP contribution is 2.21. The van der Waals surface area contributed by atoms with E-state index in [4.69, 9.17) is 0 Å². The Morgan fingerprint density at radius 1 is 1.37 bits per heavy atom. The first kappa shape index (κ1) is 14.1. The molecule has 4 nitrogen and oxygen atoms in total. The van der Waals surface area contributed by atoms with Gasteiger partial charge in [0.2, 0.25) is 11.8 Å². The van der Waals surface area contributed by atoms with Crippen LogP contribution in [0.2, 0.25) is 0 Å². The Labute approximate surface area is 117 Å². The summed E-state index contributed by atoms with van der Waals surface area (Å²) in [6.45, 7) is 8.24. The van der Waals surface area contributed by atoms with Gasteiger partial charge in [0.1, 0.15) is 12.1 Å². The largest absolute Gasteiger partial charge is 0.342 e. The van der Waals surface area contributed by atoms with Gasteiger partial charge in [0.25, 0.3) is 0 Å². The van der Waals surface area contributed by atoms with Gasteiger partial charge in [-0.3, -0.25) is 9.59 Å². The zero-order chi connectivity index (χ0) is 14.2. The minimum atomic E-state index is -0.401. The molecule has 2 atom stereocenters. The van der Waals surface area contributed by atoms with Crippen LogP contribution in [0.4, 0.5) is 0 Å². The molecule has 2 rings (SSSR count). The number of rotatable bonds is 3. The van der Waals surface area contributed by atoms with Gasteiger partial charge in [0, 0.05) is 6.54 Å². The summed E-state index contributed by atoms with van der Waals surface area (Å²) in [7, 11) is 0. The Morgan fingerprint density at radius 3 is 2.58 bits per heavy atom. The third-order valence-electron chi connectivity index (χ3n) is 3.66. The number of thiophene rings is 1. The van der Waals surface area contributed by atoms with Crippen molar-refractivity contribution in [2.24, 2.45) is 5.92 Å². The molecule has 1 fully saturated rings. The van der Waals surface area contributed by atoms with Crippen molar-refractivity contribution in [3.8, 4) is 0 Å². The maximum absolute atomic E-state index is 12.5. The Kier molecular flexibility index (Phi) is 3.94. The van der Waals surface area contributed by atoms with Crippen molar-refractivity contribution in [3.05, 3.63) is 21.9 Å². The van der Waals surface area contributed by atoms with Gasteiger partial charge in [0.15, 0.2) is 0 Å². The first-order valence-electron chi connectivity index (χ1n) is 6.54. The summed E-state index contributed by atoms with van der Waals surface area (Å²) in [5, 5.41) is 6.92. The van der Waals surface area contributed by atoms with Crippen molar-refractivity contribution in [2.45, 2.75) is 46.3 Å². The van der Waals surface area contributed by atoms with E-state index in [1.54, 1.807) is 23.2 Å². The van der Waals surface area contributed by atoms with Gasteiger partial charge in [-0.25, -0.2) is 0 Å². The lowest BCUT2D eigenvalue weighted by atomic mass is 9.98. The Bertz CT molecular complexity index is 495. The molecule has 1 aromatic rings. The lowest BCUT2D eigenvalue weighted by molar-refractivity contribution is -0.150. The number of carbonyl (C=O) groups excluding carboxylic acids is 2. The molecule has 2 amide bonds. The van der Waals surface area contributed by atoms with E-state index < -0.39 is 12.1 Å². The highest BCUT2D eigenvalue weighted by molar-refractivity contribution is 7.08. The number of carbonyl (C=O) groups is 2. The molecule has 104 valence electrons. The molecule has 0 saturated carbocycles. The van der Waals surface area contributed by atoms with Gasteiger partial charge in [-0.1, -0.05) is 13.8 Å². The molecule has 1 saturated heterocycles. The maximum atomic E-state index is 12.5. The van der Waals surface area contributed by atoms with Gasteiger partial charge in [-0.05, 0) is 41.7 Å². The van der Waals surface area contributed by atoms with Crippen molar-refractivity contribution in [2.75, 3.05) is 0 Å². The molecule has 2 heterocycles. The molecule has 0 spiro atoms. The van der Waals surface area contributed by atoms with E-state index in [1.807, 2.05) is 26.2 Å². The van der Waals surface area contributed by atoms with Crippen LogP contribution < -0.4 is 5.32 Å². The zero-order valence-electron chi connectivity index (χ0n) is 11.8. The number of hydrogen-bond donors (Lipinski definition) is 1. The van der Waals surface area contributed by atoms with Gasteiger partial charge < -0.3 is 10.2 Å². The SMILES string of the molecule is Cc1cscc1CN1C(=O)C(C(C)C)NC(=O)C1C. The minimum absolute atomic E-state index is 0.0210. The zero-order valence-corrected chi connectivity index (χ0v) is 12.6. The first-order valence-corrected chi connectivity index (χ1v) is 7.48. The summed E-state index contributed by atoms with van der Waals surface area (Å²) in [6.07, 6.45) is 0. The number of hydrogen-bond acceptors (Lipinski definition) is 3. The van der Waals surface area contributed by atoms with Crippen LogP contribution in [0, 0.1) is 12.8 Å². The molecular weight excluding hydrogens is 260 g/mol. The van der Waals surface area contributed by atoms with Gasteiger partial charge in [-0.2, -0.15) is 11.3 Å². The quantitative estimate of drug-likeness (QED) is 0.919. The summed E-state index contributed by atoms with van der Waals surface area (Å²) in [4.78, 5) is 26.1. The van der Waals surface area contributed by atoms with Crippen LogP contribution in [-0.4, -0.2) is 28.8 Å². The van der Waals surface area contributed by atoms with Crippen LogP contribution in [0.25, 0.3) is 0 Å².